The van der Waals surface area contributed by atoms with Crippen molar-refractivity contribution in [2.24, 2.45) is 5.92 Å². The highest BCUT2D eigenvalue weighted by molar-refractivity contribution is 5.92. The van der Waals surface area contributed by atoms with E-state index in [1.807, 2.05) is 19.9 Å². The molecule has 112 valence electrons. The van der Waals surface area contributed by atoms with E-state index < -0.39 is 0 Å². The Hall–Kier alpha value is -1.36. The molecule has 5 heteroatoms. The molecule has 0 aromatic carbocycles. The zero-order valence-electron chi connectivity index (χ0n) is 12.9. The van der Waals surface area contributed by atoms with Crippen molar-refractivity contribution in [3.05, 3.63) is 17.5 Å². The van der Waals surface area contributed by atoms with Crippen LogP contribution in [0.25, 0.3) is 0 Å². The van der Waals surface area contributed by atoms with Crippen LogP contribution >= 0.6 is 0 Å². The number of hydrogen-bond acceptors (Lipinski definition) is 3. The molecule has 1 aliphatic heterocycles. The summed E-state index contributed by atoms with van der Waals surface area (Å²) in [5.41, 5.74) is 1.56. The van der Waals surface area contributed by atoms with Crippen molar-refractivity contribution in [1.29, 1.82) is 0 Å². The summed E-state index contributed by atoms with van der Waals surface area (Å²) in [7, 11) is 0. The Morgan fingerprint density at radius 3 is 2.80 bits per heavy atom. The smallest absolute Gasteiger partial charge is 0.269 e. The van der Waals surface area contributed by atoms with Crippen LogP contribution < -0.4 is 5.32 Å². The number of rotatable bonds is 6. The topological polar surface area (TPSA) is 50.2 Å². The van der Waals surface area contributed by atoms with Crippen LogP contribution in [0.2, 0.25) is 0 Å². The van der Waals surface area contributed by atoms with Gasteiger partial charge in [0.15, 0.2) is 0 Å². The maximum absolute atomic E-state index is 12.2. The summed E-state index contributed by atoms with van der Waals surface area (Å²) >= 11 is 0. The molecule has 1 amide bonds. The number of aromatic nitrogens is 2. The maximum atomic E-state index is 12.2. The summed E-state index contributed by atoms with van der Waals surface area (Å²) in [6.07, 6.45) is 2.63. The minimum Gasteiger partial charge on any atom is -0.350 e. The van der Waals surface area contributed by atoms with Gasteiger partial charge in [-0.3, -0.25) is 9.48 Å². The summed E-state index contributed by atoms with van der Waals surface area (Å²) in [6.45, 7) is 11.1. The second-order valence-electron chi connectivity index (χ2n) is 5.81. The van der Waals surface area contributed by atoms with E-state index in [0.717, 1.165) is 25.3 Å². The van der Waals surface area contributed by atoms with E-state index in [-0.39, 0.29) is 5.91 Å². The van der Waals surface area contributed by atoms with E-state index in [9.17, 15) is 4.79 Å². The van der Waals surface area contributed by atoms with Gasteiger partial charge in [-0.1, -0.05) is 6.92 Å². The van der Waals surface area contributed by atoms with Crippen molar-refractivity contribution < 1.29 is 4.79 Å². The molecule has 1 aliphatic rings. The zero-order valence-corrected chi connectivity index (χ0v) is 12.9. The van der Waals surface area contributed by atoms with Crippen LogP contribution in [-0.4, -0.2) is 46.8 Å². The van der Waals surface area contributed by atoms with Crippen LogP contribution in [0, 0.1) is 12.8 Å². The quantitative estimate of drug-likeness (QED) is 0.861. The molecule has 1 atom stereocenters. The average molecular weight is 278 g/mol. The largest absolute Gasteiger partial charge is 0.350 e. The van der Waals surface area contributed by atoms with Crippen LogP contribution in [0.3, 0.4) is 0 Å². The lowest BCUT2D eigenvalue weighted by atomic mass is 10.1. The minimum atomic E-state index is -0.0132. The van der Waals surface area contributed by atoms with Gasteiger partial charge < -0.3 is 10.2 Å². The van der Waals surface area contributed by atoms with Crippen LogP contribution in [-0.2, 0) is 6.54 Å². The van der Waals surface area contributed by atoms with Crippen molar-refractivity contribution in [1.82, 2.24) is 20.0 Å². The molecule has 0 bridgehead atoms. The molecule has 1 fully saturated rings. The van der Waals surface area contributed by atoms with Gasteiger partial charge in [0.25, 0.3) is 5.91 Å². The van der Waals surface area contributed by atoms with E-state index in [4.69, 9.17) is 0 Å². The van der Waals surface area contributed by atoms with E-state index in [1.165, 1.54) is 25.9 Å². The molecule has 5 nitrogen and oxygen atoms in total. The highest BCUT2D eigenvalue weighted by Gasteiger charge is 2.17. The zero-order chi connectivity index (χ0) is 14.5. The second kappa shape index (κ2) is 6.88. The van der Waals surface area contributed by atoms with Gasteiger partial charge in [0.05, 0.1) is 5.69 Å². The van der Waals surface area contributed by atoms with Gasteiger partial charge in [-0.15, -0.1) is 0 Å². The van der Waals surface area contributed by atoms with Crippen molar-refractivity contribution in [2.75, 3.05) is 26.2 Å². The number of nitrogens with zero attached hydrogens (tertiary/aromatic N) is 3. The molecular weight excluding hydrogens is 252 g/mol. The van der Waals surface area contributed by atoms with Gasteiger partial charge in [-0.25, -0.2) is 0 Å². The van der Waals surface area contributed by atoms with Crippen molar-refractivity contribution in [2.45, 2.75) is 40.2 Å². The summed E-state index contributed by atoms with van der Waals surface area (Å²) in [5, 5.41) is 7.34. The molecule has 1 N–H and O–H groups in total. The van der Waals surface area contributed by atoms with E-state index >= 15 is 0 Å². The normalized spacial score (nSPS) is 17.4. The summed E-state index contributed by atoms with van der Waals surface area (Å²) in [6, 6.07) is 1.85. The number of amides is 1. The first-order valence-corrected chi connectivity index (χ1v) is 7.65. The third-order valence-electron chi connectivity index (χ3n) is 3.81. The highest BCUT2D eigenvalue weighted by atomic mass is 16.2. The molecule has 1 saturated heterocycles. The fourth-order valence-electron chi connectivity index (χ4n) is 2.80. The van der Waals surface area contributed by atoms with Crippen molar-refractivity contribution in [3.8, 4) is 0 Å². The monoisotopic (exact) mass is 278 g/mol. The van der Waals surface area contributed by atoms with Gasteiger partial charge in [-0.2, -0.15) is 5.10 Å². The predicted octanol–water partition coefficient (Wildman–Crippen LogP) is 1.67. The summed E-state index contributed by atoms with van der Waals surface area (Å²) in [5.74, 6) is 0.469. The van der Waals surface area contributed by atoms with E-state index in [2.05, 4.69) is 22.2 Å². The Morgan fingerprint density at radius 2 is 2.15 bits per heavy atom. The lowest BCUT2D eigenvalue weighted by Gasteiger charge is -2.20. The molecule has 0 saturated carbocycles. The minimum absolute atomic E-state index is 0.0132. The Kier molecular flexibility index (Phi) is 5.17. The standard InChI is InChI=1S/C15H26N4O/c1-4-19-14(9-13(3)17-19)15(20)16-10-12(2)11-18-7-5-6-8-18/h9,12H,4-8,10-11H2,1-3H3,(H,16,20)/t12-/m0/s1. The van der Waals surface area contributed by atoms with Gasteiger partial charge >= 0.3 is 0 Å². The molecule has 0 spiro atoms. The number of likely N-dealkylation sites (tertiary alicyclic amines) is 1. The van der Waals surface area contributed by atoms with E-state index in [0.29, 0.717) is 11.6 Å². The lowest BCUT2D eigenvalue weighted by molar-refractivity contribution is 0.0934. The van der Waals surface area contributed by atoms with Crippen LogP contribution in [0.4, 0.5) is 0 Å². The first-order chi connectivity index (χ1) is 9.60. The fraction of sp³-hybridized carbons (Fsp3) is 0.733. The Morgan fingerprint density at radius 1 is 1.45 bits per heavy atom. The van der Waals surface area contributed by atoms with Gasteiger partial charge in [0, 0.05) is 19.6 Å². The number of carbonyl (C=O) groups is 1. The first-order valence-electron chi connectivity index (χ1n) is 7.65. The molecule has 0 aliphatic carbocycles. The summed E-state index contributed by atoms with van der Waals surface area (Å²) < 4.78 is 1.76. The maximum Gasteiger partial charge on any atom is 0.269 e. The van der Waals surface area contributed by atoms with E-state index in [1.54, 1.807) is 4.68 Å². The van der Waals surface area contributed by atoms with Crippen LogP contribution in [0.1, 0.15) is 42.9 Å². The number of carbonyl (C=O) groups excluding carboxylic acids is 1. The third kappa shape index (κ3) is 3.82. The molecule has 2 heterocycles. The fourth-order valence-corrected chi connectivity index (χ4v) is 2.80. The van der Waals surface area contributed by atoms with Crippen LogP contribution in [0.5, 0.6) is 0 Å². The SMILES string of the molecule is CCn1nc(C)cc1C(=O)NC[C@H](C)CN1CCCC1. The first kappa shape index (κ1) is 15.0. The van der Waals surface area contributed by atoms with Crippen LogP contribution in [0.15, 0.2) is 6.07 Å². The lowest BCUT2D eigenvalue weighted by Crippen LogP contribution is -2.35. The molecule has 0 radical (unpaired) electrons. The molecule has 20 heavy (non-hydrogen) atoms. The van der Waals surface area contributed by atoms with Gasteiger partial charge in [0.2, 0.25) is 0 Å². The number of aryl methyl sites for hydroxylation is 2. The summed E-state index contributed by atoms with van der Waals surface area (Å²) in [4.78, 5) is 14.7. The van der Waals surface area contributed by atoms with Crippen molar-refractivity contribution in [3.63, 3.8) is 0 Å². The predicted molar refractivity (Wildman–Crippen MR) is 79.8 cm³/mol. The molecule has 1 aromatic rings. The molecule has 1 aromatic heterocycles. The molecular formula is C15H26N4O. The molecule has 0 unspecified atom stereocenters. The van der Waals surface area contributed by atoms with Crippen molar-refractivity contribution >= 4 is 5.91 Å². The highest BCUT2D eigenvalue weighted by Crippen LogP contribution is 2.10. The second-order valence-corrected chi connectivity index (χ2v) is 5.81. The Labute approximate surface area is 121 Å². The van der Waals surface area contributed by atoms with Gasteiger partial charge in [0.1, 0.15) is 5.69 Å². The van der Waals surface area contributed by atoms with Gasteiger partial charge in [-0.05, 0) is 51.8 Å². The average Bonchev–Trinajstić information content (AvgIpc) is 3.05. The molecule has 2 rings (SSSR count). The number of nitrogens with one attached hydrogen (secondary N) is 1. The Balaban J connectivity index is 1.81. The third-order valence-corrected chi connectivity index (χ3v) is 3.81. The number of hydrogen-bond donors (Lipinski definition) is 1. The Bertz CT molecular complexity index is 449.